The van der Waals surface area contributed by atoms with Crippen molar-refractivity contribution in [3.8, 4) is 0 Å². The number of aliphatic hydroxyl groups excluding tert-OH is 1. The van der Waals surface area contributed by atoms with E-state index in [9.17, 15) is 5.11 Å². The minimum Gasteiger partial charge on any atom is -0.446 e. The van der Waals surface area contributed by atoms with Crippen molar-refractivity contribution in [1.29, 1.82) is 0 Å². The maximum Gasteiger partial charge on any atom is 0.195 e. The number of rotatable bonds is 5. The predicted octanol–water partition coefficient (Wildman–Crippen LogP) is 2.29. The van der Waals surface area contributed by atoms with Crippen LogP contribution in [-0.4, -0.2) is 25.3 Å². The van der Waals surface area contributed by atoms with E-state index in [1.165, 1.54) is 0 Å². The highest BCUT2D eigenvalue weighted by atomic mass is 16.4. The highest BCUT2D eigenvalue weighted by molar-refractivity contribution is 5.35. The Bertz CT molecular complexity index is 294. The molecule has 0 saturated carbocycles. The molecule has 3 nitrogen and oxygen atoms in total. The third-order valence-corrected chi connectivity index (χ3v) is 2.79. The molecule has 1 rings (SSSR count). The van der Waals surface area contributed by atoms with Gasteiger partial charge in [0, 0.05) is 32.2 Å². The second kappa shape index (κ2) is 5.21. The third-order valence-electron chi connectivity index (χ3n) is 2.79. The summed E-state index contributed by atoms with van der Waals surface area (Å²) in [5, 5.41) is 9.24. The first-order valence-corrected chi connectivity index (χ1v) is 5.43. The van der Waals surface area contributed by atoms with Crippen molar-refractivity contribution in [2.75, 3.05) is 25.1 Å². The fourth-order valence-corrected chi connectivity index (χ4v) is 1.55. The van der Waals surface area contributed by atoms with Crippen molar-refractivity contribution < 1.29 is 9.52 Å². The zero-order valence-corrected chi connectivity index (χ0v) is 10.0. The topological polar surface area (TPSA) is 36.6 Å². The van der Waals surface area contributed by atoms with Crippen molar-refractivity contribution in [1.82, 2.24) is 0 Å². The van der Waals surface area contributed by atoms with Crippen LogP contribution in [0, 0.1) is 18.8 Å². The fourth-order valence-electron chi connectivity index (χ4n) is 1.55. The molecule has 0 aliphatic carbocycles. The van der Waals surface area contributed by atoms with Gasteiger partial charge in [0.25, 0.3) is 0 Å². The van der Waals surface area contributed by atoms with Crippen molar-refractivity contribution >= 4 is 5.88 Å². The number of anilines is 1. The minimum atomic E-state index is 0.224. The molecule has 1 unspecified atom stereocenters. The summed E-state index contributed by atoms with van der Waals surface area (Å²) in [4.78, 5) is 2.05. The Morgan fingerprint density at radius 2 is 2.07 bits per heavy atom. The summed E-state index contributed by atoms with van der Waals surface area (Å²) in [6.07, 6.45) is 0. The van der Waals surface area contributed by atoms with Crippen LogP contribution in [0.1, 0.15) is 19.6 Å². The summed E-state index contributed by atoms with van der Waals surface area (Å²) < 4.78 is 5.51. The summed E-state index contributed by atoms with van der Waals surface area (Å²) in [5.41, 5.74) is 0. The Morgan fingerprint density at radius 1 is 1.40 bits per heavy atom. The van der Waals surface area contributed by atoms with E-state index in [1.807, 2.05) is 31.0 Å². The lowest BCUT2D eigenvalue weighted by Gasteiger charge is -2.24. The summed E-state index contributed by atoms with van der Waals surface area (Å²) in [7, 11) is 1.99. The Balaban J connectivity index is 2.58. The smallest absolute Gasteiger partial charge is 0.195 e. The fraction of sp³-hybridized carbons (Fsp3) is 0.667. The average molecular weight is 211 g/mol. The number of nitrogens with zero attached hydrogens (tertiary/aromatic N) is 1. The quantitative estimate of drug-likeness (QED) is 0.811. The van der Waals surface area contributed by atoms with Crippen LogP contribution < -0.4 is 4.90 Å². The largest absolute Gasteiger partial charge is 0.446 e. The van der Waals surface area contributed by atoms with Gasteiger partial charge in [0.2, 0.25) is 0 Å². The van der Waals surface area contributed by atoms with Crippen LogP contribution in [0.15, 0.2) is 16.5 Å². The van der Waals surface area contributed by atoms with E-state index in [1.54, 1.807) is 0 Å². The van der Waals surface area contributed by atoms with Gasteiger partial charge in [0.1, 0.15) is 5.76 Å². The van der Waals surface area contributed by atoms with Gasteiger partial charge in [-0.1, -0.05) is 13.8 Å². The molecule has 0 radical (unpaired) electrons. The molecule has 0 amide bonds. The van der Waals surface area contributed by atoms with Crippen LogP contribution in [0.5, 0.6) is 0 Å². The number of furan rings is 1. The highest BCUT2D eigenvalue weighted by Crippen LogP contribution is 2.19. The zero-order chi connectivity index (χ0) is 11.4. The summed E-state index contributed by atoms with van der Waals surface area (Å²) >= 11 is 0. The Morgan fingerprint density at radius 3 is 2.47 bits per heavy atom. The van der Waals surface area contributed by atoms with E-state index in [-0.39, 0.29) is 6.61 Å². The van der Waals surface area contributed by atoms with Gasteiger partial charge in [-0.15, -0.1) is 0 Å². The zero-order valence-electron chi connectivity index (χ0n) is 10.0. The lowest BCUT2D eigenvalue weighted by atomic mass is 9.96. The van der Waals surface area contributed by atoms with Gasteiger partial charge < -0.3 is 14.4 Å². The summed E-state index contributed by atoms with van der Waals surface area (Å²) in [5.74, 6) is 2.56. The second-order valence-corrected chi connectivity index (χ2v) is 4.45. The van der Waals surface area contributed by atoms with Crippen molar-refractivity contribution in [2.24, 2.45) is 11.8 Å². The van der Waals surface area contributed by atoms with Gasteiger partial charge in [-0.05, 0) is 18.9 Å². The van der Waals surface area contributed by atoms with Crippen LogP contribution in [0.3, 0.4) is 0 Å². The van der Waals surface area contributed by atoms with Crippen LogP contribution in [0.25, 0.3) is 0 Å². The average Bonchev–Trinajstić information content (AvgIpc) is 2.60. The molecule has 86 valence electrons. The van der Waals surface area contributed by atoms with E-state index < -0.39 is 0 Å². The monoisotopic (exact) mass is 211 g/mol. The number of aryl methyl sites for hydroxylation is 1. The summed E-state index contributed by atoms with van der Waals surface area (Å²) in [6, 6.07) is 3.92. The molecule has 1 aromatic rings. The molecule has 1 atom stereocenters. The normalized spacial score (nSPS) is 13.2. The predicted molar refractivity (Wildman–Crippen MR) is 62.1 cm³/mol. The molecule has 1 heterocycles. The molecule has 0 aliphatic heterocycles. The van der Waals surface area contributed by atoms with E-state index in [2.05, 4.69) is 13.8 Å². The van der Waals surface area contributed by atoms with Crippen LogP contribution in [0.2, 0.25) is 0 Å². The van der Waals surface area contributed by atoms with Crippen molar-refractivity contribution in [3.05, 3.63) is 17.9 Å². The van der Waals surface area contributed by atoms with Gasteiger partial charge in [-0.2, -0.15) is 0 Å². The summed E-state index contributed by atoms with van der Waals surface area (Å²) in [6.45, 7) is 7.23. The molecular weight excluding hydrogens is 190 g/mol. The lowest BCUT2D eigenvalue weighted by molar-refractivity contribution is 0.192. The van der Waals surface area contributed by atoms with Crippen molar-refractivity contribution in [3.63, 3.8) is 0 Å². The molecular formula is C12H21NO2. The maximum atomic E-state index is 9.24. The molecule has 1 aromatic heterocycles. The van der Waals surface area contributed by atoms with Gasteiger partial charge in [-0.3, -0.25) is 0 Å². The Hall–Kier alpha value is -0.960. The SMILES string of the molecule is Cc1ccc(N(C)CC(CO)C(C)C)o1. The Kier molecular flexibility index (Phi) is 4.21. The second-order valence-electron chi connectivity index (χ2n) is 4.45. The van der Waals surface area contributed by atoms with Crippen LogP contribution >= 0.6 is 0 Å². The first-order chi connectivity index (χ1) is 7.04. The highest BCUT2D eigenvalue weighted by Gasteiger charge is 2.16. The molecule has 3 heteroatoms. The van der Waals surface area contributed by atoms with E-state index in [0.29, 0.717) is 11.8 Å². The number of hydrogen-bond acceptors (Lipinski definition) is 3. The van der Waals surface area contributed by atoms with E-state index in [4.69, 9.17) is 4.42 Å². The molecule has 0 aliphatic rings. The van der Waals surface area contributed by atoms with Crippen LogP contribution in [-0.2, 0) is 0 Å². The van der Waals surface area contributed by atoms with E-state index >= 15 is 0 Å². The minimum absolute atomic E-state index is 0.224. The van der Waals surface area contributed by atoms with Gasteiger partial charge >= 0.3 is 0 Å². The molecule has 0 bridgehead atoms. The van der Waals surface area contributed by atoms with E-state index in [0.717, 1.165) is 18.2 Å². The van der Waals surface area contributed by atoms with Gasteiger partial charge in [0.05, 0.1) is 0 Å². The lowest BCUT2D eigenvalue weighted by Crippen LogP contribution is -2.30. The molecule has 0 aromatic carbocycles. The molecule has 0 fully saturated rings. The maximum absolute atomic E-state index is 9.24. The molecule has 15 heavy (non-hydrogen) atoms. The third kappa shape index (κ3) is 3.27. The van der Waals surface area contributed by atoms with Gasteiger partial charge in [0.15, 0.2) is 5.88 Å². The van der Waals surface area contributed by atoms with Crippen LogP contribution in [0.4, 0.5) is 5.88 Å². The molecule has 0 saturated heterocycles. The molecule has 1 N–H and O–H groups in total. The molecule has 0 spiro atoms. The Labute approximate surface area is 91.7 Å². The number of aliphatic hydroxyl groups is 1. The standard InChI is InChI=1S/C12H21NO2/c1-9(2)11(8-14)7-13(4)12-6-5-10(3)15-12/h5-6,9,11,14H,7-8H2,1-4H3. The van der Waals surface area contributed by atoms with Gasteiger partial charge in [-0.25, -0.2) is 0 Å². The first kappa shape index (κ1) is 12.1. The van der Waals surface area contributed by atoms with Crippen molar-refractivity contribution in [2.45, 2.75) is 20.8 Å². The first-order valence-electron chi connectivity index (χ1n) is 5.43. The number of hydrogen-bond donors (Lipinski definition) is 1.